The van der Waals surface area contributed by atoms with Gasteiger partial charge in [-0.25, -0.2) is 4.79 Å². The minimum absolute atomic E-state index is 0.0316. The first kappa shape index (κ1) is 18.2. The summed E-state index contributed by atoms with van der Waals surface area (Å²) in [5.41, 5.74) is -0.538. The van der Waals surface area contributed by atoms with Gasteiger partial charge in [0.1, 0.15) is 5.60 Å². The number of carbonyl (C=O) groups is 2. The van der Waals surface area contributed by atoms with Crippen molar-refractivity contribution in [2.45, 2.75) is 58.7 Å². The van der Waals surface area contributed by atoms with E-state index in [1.54, 1.807) is 22.0 Å². The Bertz CT molecular complexity index is 553. The van der Waals surface area contributed by atoms with Gasteiger partial charge in [-0.05, 0) is 40.5 Å². The number of hydrogen-bond donors (Lipinski definition) is 1. The summed E-state index contributed by atoms with van der Waals surface area (Å²) in [4.78, 5) is 26.4. The van der Waals surface area contributed by atoms with Gasteiger partial charge in [0, 0.05) is 25.3 Å². The van der Waals surface area contributed by atoms with Crippen LogP contribution in [0.5, 0.6) is 0 Å². The first-order valence-corrected chi connectivity index (χ1v) is 8.39. The zero-order chi connectivity index (χ0) is 17.7. The van der Waals surface area contributed by atoms with E-state index in [9.17, 15) is 9.59 Å². The Labute approximate surface area is 142 Å². The van der Waals surface area contributed by atoms with E-state index >= 15 is 0 Å². The second-order valence-electron chi connectivity index (χ2n) is 7.12. The normalized spacial score (nSPS) is 21.4. The fourth-order valence-corrected chi connectivity index (χ4v) is 2.85. The van der Waals surface area contributed by atoms with Gasteiger partial charge in [-0.2, -0.15) is 0 Å². The van der Waals surface area contributed by atoms with E-state index in [2.05, 4.69) is 15.6 Å². The Morgan fingerprint density at radius 3 is 2.75 bits per heavy atom. The summed E-state index contributed by atoms with van der Waals surface area (Å²) >= 11 is 0. The number of nitrogens with zero attached hydrogens (tertiary/aromatic N) is 4. The molecule has 1 aromatic rings. The van der Waals surface area contributed by atoms with Gasteiger partial charge in [-0.15, -0.1) is 5.10 Å². The lowest BCUT2D eigenvalue weighted by Crippen LogP contribution is -2.52. The summed E-state index contributed by atoms with van der Waals surface area (Å²) < 4.78 is 7.11. The maximum Gasteiger partial charge on any atom is 0.410 e. The van der Waals surface area contributed by atoms with Gasteiger partial charge in [0.25, 0.3) is 0 Å². The lowest BCUT2D eigenvalue weighted by atomic mass is 9.89. The van der Waals surface area contributed by atoms with Crippen molar-refractivity contribution in [1.82, 2.24) is 25.2 Å². The van der Waals surface area contributed by atoms with E-state index in [1.807, 2.05) is 27.7 Å². The molecule has 1 aliphatic rings. The second-order valence-corrected chi connectivity index (χ2v) is 7.12. The van der Waals surface area contributed by atoms with Crippen molar-refractivity contribution in [2.75, 3.05) is 13.1 Å². The number of nitrogens with one attached hydrogen (secondary N) is 1. The molecule has 1 saturated heterocycles. The van der Waals surface area contributed by atoms with Crippen LogP contribution in [0.15, 0.2) is 12.4 Å². The molecule has 24 heavy (non-hydrogen) atoms. The zero-order valence-corrected chi connectivity index (χ0v) is 14.9. The van der Waals surface area contributed by atoms with Crippen LogP contribution in [0.25, 0.3) is 0 Å². The predicted octanol–water partition coefficient (Wildman–Crippen LogP) is 1.43. The van der Waals surface area contributed by atoms with E-state index in [4.69, 9.17) is 4.74 Å². The van der Waals surface area contributed by atoms with E-state index in [1.165, 1.54) is 0 Å². The Morgan fingerprint density at radius 2 is 2.12 bits per heavy atom. The fraction of sp³-hybridized carbons (Fsp3) is 0.750. The number of carbonyl (C=O) groups excluding carboxylic acids is 2. The molecule has 0 bridgehead atoms. The van der Waals surface area contributed by atoms with Gasteiger partial charge in [0.05, 0.1) is 18.7 Å². The van der Waals surface area contributed by atoms with Gasteiger partial charge < -0.3 is 15.0 Å². The third kappa shape index (κ3) is 4.94. The Kier molecular flexibility index (Phi) is 5.80. The van der Waals surface area contributed by atoms with E-state index in [-0.39, 0.29) is 24.0 Å². The Hall–Kier alpha value is -2.12. The lowest BCUT2D eigenvalue weighted by molar-refractivity contribution is -0.128. The highest BCUT2D eigenvalue weighted by Crippen LogP contribution is 2.25. The topological polar surface area (TPSA) is 89.4 Å². The number of aromatic nitrogens is 3. The van der Waals surface area contributed by atoms with Crippen LogP contribution in [-0.2, 0) is 16.1 Å². The van der Waals surface area contributed by atoms with Crippen molar-refractivity contribution in [3.8, 4) is 0 Å². The SMILES string of the molecule is C[C@@H]1[C@H](C(=O)NCCn2ccnn2)CCCN1C(=O)OC(C)(C)C. The van der Waals surface area contributed by atoms with Gasteiger partial charge in [0.2, 0.25) is 5.91 Å². The molecule has 0 aliphatic carbocycles. The summed E-state index contributed by atoms with van der Waals surface area (Å²) in [6.07, 6.45) is 4.57. The highest BCUT2D eigenvalue weighted by molar-refractivity contribution is 5.80. The molecule has 1 fully saturated rings. The maximum absolute atomic E-state index is 12.5. The van der Waals surface area contributed by atoms with Crippen LogP contribution in [0.2, 0.25) is 0 Å². The molecule has 2 rings (SSSR count). The Balaban J connectivity index is 1.87. The van der Waals surface area contributed by atoms with Crippen molar-refractivity contribution >= 4 is 12.0 Å². The number of piperidine rings is 1. The maximum atomic E-state index is 12.5. The third-order valence-corrected chi connectivity index (χ3v) is 4.06. The summed E-state index contributed by atoms with van der Waals surface area (Å²) in [6.45, 7) is 9.11. The molecular weight excluding hydrogens is 310 g/mol. The number of amides is 2. The van der Waals surface area contributed by atoms with E-state index in [0.29, 0.717) is 19.6 Å². The molecule has 8 heteroatoms. The number of ether oxygens (including phenoxy) is 1. The molecule has 8 nitrogen and oxygen atoms in total. The van der Waals surface area contributed by atoms with Crippen LogP contribution in [0.3, 0.4) is 0 Å². The van der Waals surface area contributed by atoms with E-state index in [0.717, 1.165) is 12.8 Å². The highest BCUT2D eigenvalue weighted by atomic mass is 16.6. The molecule has 0 radical (unpaired) electrons. The predicted molar refractivity (Wildman–Crippen MR) is 88.2 cm³/mol. The van der Waals surface area contributed by atoms with Crippen molar-refractivity contribution in [2.24, 2.45) is 5.92 Å². The highest BCUT2D eigenvalue weighted by Gasteiger charge is 2.37. The van der Waals surface area contributed by atoms with E-state index < -0.39 is 5.60 Å². The molecule has 1 N–H and O–H groups in total. The molecule has 134 valence electrons. The number of likely N-dealkylation sites (tertiary alicyclic amines) is 1. The van der Waals surface area contributed by atoms with Crippen LogP contribution in [0.4, 0.5) is 4.79 Å². The standard InChI is InChI=1S/C16H27N5O3/c1-12-13(14(22)17-7-10-20-11-8-18-19-20)6-5-9-21(12)15(23)24-16(2,3)4/h8,11-13H,5-7,9-10H2,1-4H3,(H,17,22)/t12-,13-/m1/s1. The smallest absolute Gasteiger partial charge is 0.410 e. The number of rotatable bonds is 4. The second kappa shape index (κ2) is 7.63. The van der Waals surface area contributed by atoms with Crippen molar-refractivity contribution < 1.29 is 14.3 Å². The quantitative estimate of drug-likeness (QED) is 0.898. The third-order valence-electron chi connectivity index (χ3n) is 4.06. The van der Waals surface area contributed by atoms with Gasteiger partial charge in [0.15, 0.2) is 0 Å². The first-order valence-electron chi connectivity index (χ1n) is 8.39. The molecular formula is C16H27N5O3. The number of hydrogen-bond acceptors (Lipinski definition) is 5. The van der Waals surface area contributed by atoms with Crippen LogP contribution < -0.4 is 5.32 Å². The fourth-order valence-electron chi connectivity index (χ4n) is 2.85. The summed E-state index contributed by atoms with van der Waals surface area (Å²) in [6, 6.07) is -0.181. The molecule has 2 amide bonds. The van der Waals surface area contributed by atoms with Crippen LogP contribution in [-0.4, -0.2) is 56.6 Å². The van der Waals surface area contributed by atoms with Crippen molar-refractivity contribution in [3.63, 3.8) is 0 Å². The van der Waals surface area contributed by atoms with Crippen LogP contribution in [0, 0.1) is 5.92 Å². The van der Waals surface area contributed by atoms with Gasteiger partial charge in [-0.3, -0.25) is 9.48 Å². The largest absolute Gasteiger partial charge is 0.444 e. The molecule has 1 aromatic heterocycles. The first-order chi connectivity index (χ1) is 11.3. The molecule has 2 heterocycles. The van der Waals surface area contributed by atoms with Crippen LogP contribution in [0.1, 0.15) is 40.5 Å². The zero-order valence-electron chi connectivity index (χ0n) is 14.9. The molecule has 1 aliphatic heterocycles. The molecule has 0 saturated carbocycles. The van der Waals surface area contributed by atoms with Gasteiger partial charge in [-0.1, -0.05) is 5.21 Å². The molecule has 0 unspecified atom stereocenters. The molecule has 0 aromatic carbocycles. The minimum atomic E-state index is -0.538. The van der Waals surface area contributed by atoms with Gasteiger partial charge >= 0.3 is 6.09 Å². The van der Waals surface area contributed by atoms with Crippen molar-refractivity contribution in [1.29, 1.82) is 0 Å². The minimum Gasteiger partial charge on any atom is -0.444 e. The Morgan fingerprint density at radius 1 is 1.38 bits per heavy atom. The summed E-state index contributed by atoms with van der Waals surface area (Å²) in [7, 11) is 0. The molecule has 0 spiro atoms. The summed E-state index contributed by atoms with van der Waals surface area (Å²) in [5.74, 6) is -0.252. The van der Waals surface area contributed by atoms with Crippen LogP contribution >= 0.6 is 0 Å². The average molecular weight is 337 g/mol. The lowest BCUT2D eigenvalue weighted by Gasteiger charge is -2.39. The monoisotopic (exact) mass is 337 g/mol. The average Bonchev–Trinajstić information content (AvgIpc) is 2.98. The molecule has 2 atom stereocenters. The summed E-state index contributed by atoms with van der Waals surface area (Å²) in [5, 5.41) is 10.5. The van der Waals surface area contributed by atoms with Crippen molar-refractivity contribution in [3.05, 3.63) is 12.4 Å².